The van der Waals surface area contributed by atoms with Gasteiger partial charge in [0.2, 0.25) is 15.0 Å². The van der Waals surface area contributed by atoms with Crippen molar-refractivity contribution in [2.75, 3.05) is 6.26 Å². The van der Waals surface area contributed by atoms with Gasteiger partial charge in [-0.1, -0.05) is 0 Å². The van der Waals surface area contributed by atoms with Gasteiger partial charge in [-0.05, 0) is 18.4 Å². The van der Waals surface area contributed by atoms with E-state index in [0.29, 0.717) is 18.4 Å². The number of rotatable bonds is 1. The van der Waals surface area contributed by atoms with Crippen LogP contribution in [0.25, 0.3) is 0 Å². The number of aryl methyl sites for hydroxylation is 1. The maximum Gasteiger partial charge on any atom is 0.290 e. The molecule has 0 aromatic carbocycles. The fourth-order valence-corrected chi connectivity index (χ4v) is 2.19. The van der Waals surface area contributed by atoms with Gasteiger partial charge in [-0.25, -0.2) is 18.4 Å². The zero-order chi connectivity index (χ0) is 12.0. The molecule has 4 nitrogen and oxygen atoms in total. The van der Waals surface area contributed by atoms with Crippen LogP contribution < -0.4 is 0 Å². The van der Waals surface area contributed by atoms with Gasteiger partial charge in [-0.15, -0.1) is 0 Å². The van der Waals surface area contributed by atoms with Crippen LogP contribution in [0.1, 0.15) is 24.1 Å². The van der Waals surface area contributed by atoms with Crippen molar-refractivity contribution in [2.45, 2.75) is 30.3 Å². The van der Waals surface area contributed by atoms with Gasteiger partial charge >= 0.3 is 0 Å². The summed E-state index contributed by atoms with van der Waals surface area (Å²) in [7, 11) is -3.64. The van der Waals surface area contributed by atoms with Crippen LogP contribution in [-0.2, 0) is 22.2 Å². The van der Waals surface area contributed by atoms with E-state index in [-0.39, 0.29) is 6.42 Å². The number of halogens is 2. The second-order valence-corrected chi connectivity index (χ2v) is 5.77. The maximum atomic E-state index is 13.5. The Morgan fingerprint density at radius 1 is 1.44 bits per heavy atom. The zero-order valence-electron chi connectivity index (χ0n) is 8.57. The lowest BCUT2D eigenvalue weighted by Crippen LogP contribution is -2.24. The molecule has 0 saturated heterocycles. The maximum absolute atomic E-state index is 13.5. The summed E-state index contributed by atoms with van der Waals surface area (Å²) in [4.78, 5) is 7.08. The quantitative estimate of drug-likeness (QED) is 0.703. The summed E-state index contributed by atoms with van der Waals surface area (Å²) in [5.41, 5.74) is -0.0992. The van der Waals surface area contributed by atoms with Gasteiger partial charge in [0.05, 0.1) is 0 Å². The van der Waals surface area contributed by atoms with E-state index in [0.717, 1.165) is 6.26 Å². The van der Waals surface area contributed by atoms with Crippen LogP contribution in [0.3, 0.4) is 0 Å². The van der Waals surface area contributed by atoms with E-state index in [1.807, 2.05) is 0 Å². The van der Waals surface area contributed by atoms with Crippen molar-refractivity contribution in [1.82, 2.24) is 9.97 Å². The second kappa shape index (κ2) is 3.44. The van der Waals surface area contributed by atoms with Crippen LogP contribution in [0.2, 0.25) is 0 Å². The highest BCUT2D eigenvalue weighted by molar-refractivity contribution is 7.90. The molecule has 0 fully saturated rings. The second-order valence-electron chi connectivity index (χ2n) is 3.86. The Hall–Kier alpha value is -1.11. The largest absolute Gasteiger partial charge is 0.290 e. The third-order valence-electron chi connectivity index (χ3n) is 2.46. The molecule has 0 spiro atoms. The third-order valence-corrected chi connectivity index (χ3v) is 3.32. The fourth-order valence-electron chi connectivity index (χ4n) is 1.69. The monoisotopic (exact) mass is 248 g/mol. The Morgan fingerprint density at radius 2 is 2.12 bits per heavy atom. The van der Waals surface area contributed by atoms with Gasteiger partial charge in [-0.3, -0.25) is 0 Å². The van der Waals surface area contributed by atoms with Crippen molar-refractivity contribution in [3.05, 3.63) is 17.5 Å². The SMILES string of the molecule is CS(=O)(=O)c1ncc2c(n1)C(F)(F)CCC2. The predicted octanol–water partition coefficient (Wildman–Crippen LogP) is 1.31. The van der Waals surface area contributed by atoms with Crippen LogP contribution in [0.5, 0.6) is 0 Å². The minimum Gasteiger partial charge on any atom is -0.227 e. The van der Waals surface area contributed by atoms with E-state index in [1.54, 1.807) is 0 Å². The molecule has 7 heteroatoms. The molecule has 1 aromatic heterocycles. The van der Waals surface area contributed by atoms with E-state index >= 15 is 0 Å². The van der Waals surface area contributed by atoms with E-state index in [1.165, 1.54) is 6.20 Å². The van der Waals surface area contributed by atoms with Crippen LogP contribution in [-0.4, -0.2) is 24.6 Å². The van der Waals surface area contributed by atoms with Crippen LogP contribution >= 0.6 is 0 Å². The first kappa shape index (κ1) is 11.4. The van der Waals surface area contributed by atoms with Crippen LogP contribution in [0, 0.1) is 0 Å². The number of aromatic nitrogens is 2. The van der Waals surface area contributed by atoms with E-state index < -0.39 is 26.6 Å². The van der Waals surface area contributed by atoms with Crippen molar-refractivity contribution in [3.63, 3.8) is 0 Å². The summed E-state index contributed by atoms with van der Waals surface area (Å²) < 4.78 is 49.3. The average Bonchev–Trinajstić information content (AvgIpc) is 2.15. The van der Waals surface area contributed by atoms with Gasteiger partial charge in [0.25, 0.3) is 5.92 Å². The van der Waals surface area contributed by atoms with Crippen molar-refractivity contribution >= 4 is 9.84 Å². The van der Waals surface area contributed by atoms with Crippen molar-refractivity contribution < 1.29 is 17.2 Å². The van der Waals surface area contributed by atoms with Gasteiger partial charge < -0.3 is 0 Å². The molecule has 1 aromatic rings. The average molecular weight is 248 g/mol. The Morgan fingerprint density at radius 3 is 2.75 bits per heavy atom. The first-order chi connectivity index (χ1) is 7.31. The number of alkyl halides is 2. The summed E-state index contributed by atoms with van der Waals surface area (Å²) in [6, 6.07) is 0. The Labute approximate surface area is 91.6 Å². The molecule has 88 valence electrons. The normalized spacial score (nSPS) is 19.2. The number of hydrogen-bond donors (Lipinski definition) is 0. The molecule has 1 aliphatic rings. The Bertz CT molecular complexity index is 528. The van der Waals surface area contributed by atoms with Gasteiger partial charge in [0.15, 0.2) is 0 Å². The first-order valence-corrected chi connectivity index (χ1v) is 6.64. The number of hydrogen-bond acceptors (Lipinski definition) is 4. The van der Waals surface area contributed by atoms with Crippen molar-refractivity contribution in [1.29, 1.82) is 0 Å². The fraction of sp³-hybridized carbons (Fsp3) is 0.556. The zero-order valence-corrected chi connectivity index (χ0v) is 9.39. The summed E-state index contributed by atoms with van der Waals surface area (Å²) in [5, 5.41) is -0.534. The third kappa shape index (κ3) is 1.91. The smallest absolute Gasteiger partial charge is 0.227 e. The summed E-state index contributed by atoms with van der Waals surface area (Å²) in [6.07, 6.45) is 2.62. The highest BCUT2D eigenvalue weighted by atomic mass is 32.2. The van der Waals surface area contributed by atoms with E-state index in [2.05, 4.69) is 9.97 Å². The number of nitrogens with zero attached hydrogens (tertiary/aromatic N) is 2. The Balaban J connectivity index is 2.60. The molecule has 1 aliphatic carbocycles. The van der Waals surface area contributed by atoms with Gasteiger partial charge in [0, 0.05) is 18.9 Å². The molecule has 0 atom stereocenters. The molecule has 0 N–H and O–H groups in total. The first-order valence-electron chi connectivity index (χ1n) is 4.75. The minimum atomic E-state index is -3.64. The van der Waals surface area contributed by atoms with Gasteiger partial charge in [-0.2, -0.15) is 8.78 Å². The molecule has 0 radical (unpaired) electrons. The minimum absolute atomic E-state index is 0.291. The molecule has 0 bridgehead atoms. The molecule has 0 amide bonds. The summed E-state index contributed by atoms with van der Waals surface area (Å²) in [6.45, 7) is 0. The molecule has 0 unspecified atom stereocenters. The van der Waals surface area contributed by atoms with Gasteiger partial charge in [0.1, 0.15) is 5.69 Å². The number of fused-ring (bicyclic) bond motifs is 1. The van der Waals surface area contributed by atoms with Crippen LogP contribution in [0.4, 0.5) is 8.78 Å². The molecule has 16 heavy (non-hydrogen) atoms. The summed E-state index contributed by atoms with van der Waals surface area (Å²) >= 11 is 0. The van der Waals surface area contributed by atoms with E-state index in [4.69, 9.17) is 0 Å². The van der Waals surface area contributed by atoms with E-state index in [9.17, 15) is 17.2 Å². The predicted molar refractivity (Wildman–Crippen MR) is 52.0 cm³/mol. The lowest BCUT2D eigenvalue weighted by Gasteiger charge is -2.23. The molecule has 0 saturated carbocycles. The standard InChI is InChI=1S/C9H10F2N2O2S/c1-16(14,15)8-12-5-6-3-2-4-9(10,11)7(6)13-8/h5H,2-4H2,1H3. The molecule has 2 rings (SSSR count). The molecular formula is C9H10F2N2O2S. The van der Waals surface area contributed by atoms with Crippen molar-refractivity contribution in [2.24, 2.45) is 0 Å². The summed E-state index contributed by atoms with van der Waals surface area (Å²) in [5.74, 6) is -3.05. The Kier molecular flexibility index (Phi) is 2.45. The highest BCUT2D eigenvalue weighted by Crippen LogP contribution is 2.38. The highest BCUT2D eigenvalue weighted by Gasteiger charge is 2.39. The van der Waals surface area contributed by atoms with Crippen molar-refractivity contribution in [3.8, 4) is 0 Å². The lowest BCUT2D eigenvalue weighted by molar-refractivity contribution is -0.0271. The lowest BCUT2D eigenvalue weighted by atomic mass is 9.94. The molecule has 1 heterocycles. The molecular weight excluding hydrogens is 238 g/mol. The number of sulfone groups is 1. The van der Waals surface area contributed by atoms with Crippen LogP contribution in [0.15, 0.2) is 11.4 Å². The molecule has 0 aliphatic heterocycles. The topological polar surface area (TPSA) is 59.9 Å².